The van der Waals surface area contributed by atoms with Crippen molar-refractivity contribution in [3.63, 3.8) is 0 Å². The van der Waals surface area contributed by atoms with Crippen LogP contribution in [-0.4, -0.2) is 52.6 Å². The van der Waals surface area contributed by atoms with Gasteiger partial charge in [-0.3, -0.25) is 9.38 Å². The normalized spacial score (nSPS) is 19.5. The molecule has 6 heterocycles. The number of aryl methyl sites for hydroxylation is 2. The first-order chi connectivity index (χ1) is 19.6. The summed E-state index contributed by atoms with van der Waals surface area (Å²) in [5.41, 5.74) is 4.55. The highest BCUT2D eigenvalue weighted by Gasteiger charge is 2.40. The molecule has 1 saturated heterocycles. The zero-order valence-electron chi connectivity index (χ0n) is 22.5. The molecule has 0 aliphatic carbocycles. The fourth-order valence-electron chi connectivity index (χ4n) is 5.68. The Kier molecular flexibility index (Phi) is 7.09. The Labute approximate surface area is 238 Å². The third-order valence-electron chi connectivity index (χ3n) is 7.88. The number of pyridine rings is 3. The van der Waals surface area contributed by atoms with Crippen molar-refractivity contribution >= 4 is 22.8 Å². The average Bonchev–Trinajstić information content (AvgIpc) is 3.37. The molecule has 4 aromatic heterocycles. The van der Waals surface area contributed by atoms with Crippen molar-refractivity contribution in [2.24, 2.45) is 0 Å². The summed E-state index contributed by atoms with van der Waals surface area (Å²) in [5, 5.41) is 16.6. The molecule has 212 valence electrons. The van der Waals surface area contributed by atoms with Crippen LogP contribution < -0.4 is 4.90 Å². The van der Waals surface area contributed by atoms with Crippen LogP contribution in [0.3, 0.4) is 0 Å². The van der Waals surface area contributed by atoms with Crippen molar-refractivity contribution in [2.45, 2.75) is 63.2 Å². The van der Waals surface area contributed by atoms with Crippen LogP contribution in [-0.2, 0) is 30.5 Å². The minimum atomic E-state index is -4.60. The highest BCUT2D eigenvalue weighted by Crippen LogP contribution is 2.36. The second-order valence-electron chi connectivity index (χ2n) is 10.5. The fraction of sp³-hybridized carbons (Fsp3) is 0.393. The zero-order valence-corrected chi connectivity index (χ0v) is 23.3. The zero-order chi connectivity index (χ0) is 28.9. The number of nitriles is 1. The Morgan fingerprint density at radius 2 is 1.95 bits per heavy atom. The van der Waals surface area contributed by atoms with Gasteiger partial charge >= 0.3 is 6.18 Å². The van der Waals surface area contributed by atoms with Gasteiger partial charge < -0.3 is 9.45 Å². The van der Waals surface area contributed by atoms with Gasteiger partial charge in [-0.2, -0.15) is 18.4 Å². The monoisotopic (exact) mass is 580 g/mol. The lowest BCUT2D eigenvalue weighted by molar-refractivity contribution is -0.145. The SMILES string of the molecule is Cc1ncc(Cc2ccn3c(C(F)(F)F)nnc3c2C)cc1CN1CC2CCCCN2c2ncc(C#N)cc2[S+]1[O-]. The number of fused-ring (bicyclic) bond motifs is 4. The standard InChI is InChI=1S/C28H27F3N8OS/c1-17-21(6-8-39-25(17)35-36-27(39)28(29,30)31)9-19-10-22(18(2)33-13-19)15-37-16-23-5-3-4-7-38(23)26-24(41(37)40)11-20(12-32)14-34-26/h6,8,10-11,13-14,23H,3-5,7,9,15-16H2,1-2H3. The number of anilines is 1. The van der Waals surface area contributed by atoms with Crippen LogP contribution in [0, 0.1) is 25.2 Å². The number of nitrogens with zero attached hydrogens (tertiary/aromatic N) is 8. The van der Waals surface area contributed by atoms with Gasteiger partial charge in [-0.05, 0) is 67.9 Å². The second kappa shape index (κ2) is 10.6. The maximum atomic E-state index is 13.9. The van der Waals surface area contributed by atoms with Crippen molar-refractivity contribution in [3.05, 3.63) is 76.1 Å². The molecule has 6 rings (SSSR count). The molecule has 0 saturated carbocycles. The number of halogens is 3. The molecule has 2 unspecified atom stereocenters. The van der Waals surface area contributed by atoms with Crippen LogP contribution in [0.5, 0.6) is 0 Å². The summed E-state index contributed by atoms with van der Waals surface area (Å²) in [4.78, 5) is 11.9. The van der Waals surface area contributed by atoms with Gasteiger partial charge in [-0.15, -0.1) is 14.5 Å². The van der Waals surface area contributed by atoms with Crippen LogP contribution in [0.1, 0.15) is 58.6 Å². The van der Waals surface area contributed by atoms with Gasteiger partial charge in [-0.1, -0.05) is 6.07 Å². The molecule has 0 amide bonds. The lowest BCUT2D eigenvalue weighted by Crippen LogP contribution is -2.45. The molecule has 9 nitrogen and oxygen atoms in total. The highest BCUT2D eigenvalue weighted by molar-refractivity contribution is 7.89. The number of aromatic nitrogens is 5. The van der Waals surface area contributed by atoms with Gasteiger partial charge in [0.15, 0.2) is 11.5 Å². The average molecular weight is 581 g/mol. The van der Waals surface area contributed by atoms with Crippen LogP contribution in [0.4, 0.5) is 19.0 Å². The van der Waals surface area contributed by atoms with Crippen LogP contribution in [0.15, 0.2) is 41.7 Å². The molecule has 0 spiro atoms. The van der Waals surface area contributed by atoms with Crippen LogP contribution in [0.2, 0.25) is 0 Å². The van der Waals surface area contributed by atoms with E-state index >= 15 is 0 Å². The topological polar surface area (TPSA) is 109 Å². The molecule has 0 aromatic carbocycles. The molecule has 13 heteroatoms. The van der Waals surface area contributed by atoms with Crippen molar-refractivity contribution in [1.82, 2.24) is 28.9 Å². The molecule has 0 N–H and O–H groups in total. The van der Waals surface area contributed by atoms with Crippen molar-refractivity contribution < 1.29 is 17.7 Å². The van der Waals surface area contributed by atoms with E-state index in [-0.39, 0.29) is 11.7 Å². The lowest BCUT2D eigenvalue weighted by Gasteiger charge is -2.35. The summed E-state index contributed by atoms with van der Waals surface area (Å²) in [6.45, 7) is 5.44. The minimum absolute atomic E-state index is 0.157. The molecule has 1 fully saturated rings. The van der Waals surface area contributed by atoms with E-state index in [9.17, 15) is 23.0 Å². The van der Waals surface area contributed by atoms with Crippen molar-refractivity contribution in [3.8, 4) is 6.07 Å². The van der Waals surface area contributed by atoms with E-state index in [0.717, 1.165) is 52.6 Å². The first kappa shape index (κ1) is 27.4. The second-order valence-corrected chi connectivity index (χ2v) is 12.0. The maximum absolute atomic E-state index is 13.9. The molecular weight excluding hydrogens is 553 g/mol. The summed E-state index contributed by atoms with van der Waals surface area (Å²) >= 11 is -1.54. The Morgan fingerprint density at radius 3 is 2.73 bits per heavy atom. The number of alkyl halides is 3. The summed E-state index contributed by atoms with van der Waals surface area (Å²) < 4.78 is 56.7. The number of hydrogen-bond donors (Lipinski definition) is 0. The van der Waals surface area contributed by atoms with Crippen molar-refractivity contribution in [1.29, 1.82) is 5.26 Å². The molecule has 0 radical (unpaired) electrons. The number of piperidine rings is 1. The third-order valence-corrected chi connectivity index (χ3v) is 9.30. The maximum Gasteiger partial charge on any atom is 0.452 e. The molecule has 4 aromatic rings. The highest BCUT2D eigenvalue weighted by atomic mass is 32.2. The number of hydrogen-bond acceptors (Lipinski definition) is 8. The molecule has 2 atom stereocenters. The van der Waals surface area contributed by atoms with E-state index < -0.39 is 23.4 Å². The van der Waals surface area contributed by atoms with E-state index in [1.54, 1.807) is 25.3 Å². The predicted octanol–water partition coefficient (Wildman–Crippen LogP) is 4.51. The lowest BCUT2D eigenvalue weighted by atomic mass is 10.0. The van der Waals surface area contributed by atoms with E-state index in [0.29, 0.717) is 41.4 Å². The number of rotatable bonds is 4. The summed E-state index contributed by atoms with van der Waals surface area (Å²) in [6, 6.07) is 7.61. The van der Waals surface area contributed by atoms with E-state index in [1.165, 1.54) is 12.4 Å². The predicted molar refractivity (Wildman–Crippen MR) is 145 cm³/mol. The Balaban J connectivity index is 1.30. The van der Waals surface area contributed by atoms with Gasteiger partial charge in [0.05, 0.1) is 30.0 Å². The quantitative estimate of drug-likeness (QED) is 0.325. The van der Waals surface area contributed by atoms with Crippen molar-refractivity contribution in [2.75, 3.05) is 18.0 Å². The smallest absolute Gasteiger partial charge is 0.452 e. The molecule has 2 aliphatic heterocycles. The van der Waals surface area contributed by atoms with E-state index in [4.69, 9.17) is 0 Å². The van der Waals surface area contributed by atoms with Gasteiger partial charge in [0.25, 0.3) is 0 Å². The summed E-state index contributed by atoms with van der Waals surface area (Å²) in [7, 11) is 0. The van der Waals surface area contributed by atoms with Gasteiger partial charge in [-0.25, -0.2) is 4.98 Å². The fourth-order valence-corrected chi connectivity index (χ4v) is 7.07. The molecule has 2 aliphatic rings. The first-order valence-electron chi connectivity index (χ1n) is 13.3. The van der Waals surface area contributed by atoms with Crippen LogP contribution >= 0.6 is 0 Å². The Morgan fingerprint density at radius 1 is 1.12 bits per heavy atom. The Bertz CT molecular complexity index is 1670. The summed E-state index contributed by atoms with van der Waals surface area (Å²) in [6.07, 6.45) is 3.57. The van der Waals surface area contributed by atoms with Gasteiger partial charge in [0.2, 0.25) is 10.7 Å². The third kappa shape index (κ3) is 5.11. The first-order valence-corrected chi connectivity index (χ1v) is 14.4. The van der Waals surface area contributed by atoms with E-state index in [2.05, 4.69) is 31.1 Å². The van der Waals surface area contributed by atoms with E-state index in [1.807, 2.05) is 17.3 Å². The molecule has 0 bridgehead atoms. The molecule has 41 heavy (non-hydrogen) atoms. The summed E-state index contributed by atoms with van der Waals surface area (Å²) in [5.74, 6) is -0.367. The van der Waals surface area contributed by atoms with Gasteiger partial charge in [0, 0.05) is 42.9 Å². The Hall–Kier alpha value is -3.73. The molecular formula is C28H27F3N8OS. The van der Waals surface area contributed by atoms with Crippen LogP contribution in [0.25, 0.3) is 5.65 Å². The minimum Gasteiger partial charge on any atom is -0.593 e. The largest absolute Gasteiger partial charge is 0.593 e. The van der Waals surface area contributed by atoms with Gasteiger partial charge in [0.1, 0.15) is 6.07 Å².